The Balaban J connectivity index is 2.13. The summed E-state index contributed by atoms with van der Waals surface area (Å²) in [5, 5.41) is 13.5. The predicted octanol–water partition coefficient (Wildman–Crippen LogP) is 1.61. The Morgan fingerprint density at radius 2 is 2.33 bits per heavy atom. The molecule has 1 aliphatic heterocycles. The Morgan fingerprint density at radius 3 is 2.94 bits per heavy atom. The molecule has 18 heavy (non-hydrogen) atoms. The summed E-state index contributed by atoms with van der Waals surface area (Å²) in [6, 6.07) is 2.24. The van der Waals surface area contributed by atoms with E-state index in [2.05, 4.69) is 16.1 Å². The number of nitrogens with zero attached hydrogens (tertiary/aromatic N) is 4. The van der Waals surface area contributed by atoms with Gasteiger partial charge < -0.3 is 9.64 Å². The molecule has 1 atom stereocenters. The molecule has 0 N–H and O–H groups in total. The minimum atomic E-state index is 0.269. The first-order chi connectivity index (χ1) is 8.63. The number of aryl methyl sites for hydroxylation is 2. The average Bonchev–Trinajstić information content (AvgIpc) is 2.64. The standard InChI is InChI=1S/C13H20N4O/c1-10-12(8-14)13(17(3)15-10)16(2)9-11-6-4-5-7-18-11/h11H,4-7,9H2,1-3H3. The number of likely N-dealkylation sites (N-methyl/N-ethyl adjacent to an activating group) is 1. The maximum atomic E-state index is 9.21. The molecule has 1 aromatic heterocycles. The molecule has 2 heterocycles. The first-order valence-corrected chi connectivity index (χ1v) is 6.40. The van der Waals surface area contributed by atoms with E-state index in [0.717, 1.165) is 37.5 Å². The van der Waals surface area contributed by atoms with Gasteiger partial charge in [0.15, 0.2) is 0 Å². The van der Waals surface area contributed by atoms with Crippen molar-refractivity contribution in [2.24, 2.45) is 7.05 Å². The fourth-order valence-electron chi connectivity index (χ4n) is 2.56. The highest BCUT2D eigenvalue weighted by Crippen LogP contribution is 2.23. The van der Waals surface area contributed by atoms with E-state index in [1.807, 2.05) is 21.0 Å². The van der Waals surface area contributed by atoms with Crippen LogP contribution in [0.1, 0.15) is 30.5 Å². The van der Waals surface area contributed by atoms with Crippen LogP contribution in [0.25, 0.3) is 0 Å². The Bertz CT molecular complexity index is 454. The number of aromatic nitrogens is 2. The lowest BCUT2D eigenvalue weighted by molar-refractivity contribution is 0.0214. The van der Waals surface area contributed by atoms with Crippen LogP contribution >= 0.6 is 0 Å². The lowest BCUT2D eigenvalue weighted by Crippen LogP contribution is -2.34. The SMILES string of the molecule is Cc1nn(C)c(N(C)CC2CCCCO2)c1C#N. The minimum absolute atomic E-state index is 0.269. The summed E-state index contributed by atoms with van der Waals surface area (Å²) in [5.41, 5.74) is 1.45. The van der Waals surface area contributed by atoms with Gasteiger partial charge in [0.2, 0.25) is 0 Å². The molecule has 0 aliphatic carbocycles. The summed E-state index contributed by atoms with van der Waals surface area (Å²) in [7, 11) is 3.87. The molecule has 5 nitrogen and oxygen atoms in total. The van der Waals surface area contributed by atoms with Gasteiger partial charge in [-0.2, -0.15) is 10.4 Å². The van der Waals surface area contributed by atoms with Crippen molar-refractivity contribution in [3.63, 3.8) is 0 Å². The fraction of sp³-hybridized carbons (Fsp3) is 0.692. The summed E-state index contributed by atoms with van der Waals surface area (Å²) in [4.78, 5) is 2.08. The van der Waals surface area contributed by atoms with Crippen molar-refractivity contribution in [3.8, 4) is 6.07 Å². The highest BCUT2D eigenvalue weighted by atomic mass is 16.5. The summed E-state index contributed by atoms with van der Waals surface area (Å²) in [6.07, 6.45) is 3.76. The van der Waals surface area contributed by atoms with Gasteiger partial charge in [-0.15, -0.1) is 0 Å². The third-order valence-electron chi connectivity index (χ3n) is 3.42. The maximum absolute atomic E-state index is 9.21. The van der Waals surface area contributed by atoms with Crippen molar-refractivity contribution in [1.29, 1.82) is 5.26 Å². The van der Waals surface area contributed by atoms with Crippen molar-refractivity contribution in [3.05, 3.63) is 11.3 Å². The van der Waals surface area contributed by atoms with Gasteiger partial charge in [-0.3, -0.25) is 4.68 Å². The molecule has 0 spiro atoms. The molecule has 0 radical (unpaired) electrons. The zero-order valence-corrected chi connectivity index (χ0v) is 11.3. The van der Waals surface area contributed by atoms with Gasteiger partial charge in [-0.05, 0) is 26.2 Å². The number of rotatable bonds is 3. The minimum Gasteiger partial charge on any atom is -0.376 e. The predicted molar refractivity (Wildman–Crippen MR) is 69.5 cm³/mol. The monoisotopic (exact) mass is 248 g/mol. The molecule has 0 amide bonds. The van der Waals surface area contributed by atoms with Gasteiger partial charge in [0, 0.05) is 27.2 Å². The molecule has 1 unspecified atom stereocenters. The van der Waals surface area contributed by atoms with E-state index in [1.165, 1.54) is 6.42 Å². The fourth-order valence-corrected chi connectivity index (χ4v) is 2.56. The van der Waals surface area contributed by atoms with Crippen LogP contribution in [0.15, 0.2) is 0 Å². The normalized spacial score (nSPS) is 19.6. The maximum Gasteiger partial charge on any atom is 0.144 e. The Hall–Kier alpha value is -1.54. The Labute approximate surface area is 108 Å². The molecule has 2 rings (SSSR count). The molecule has 0 aromatic carbocycles. The van der Waals surface area contributed by atoms with Gasteiger partial charge in [0.1, 0.15) is 17.5 Å². The molecule has 0 saturated carbocycles. The summed E-state index contributed by atoms with van der Waals surface area (Å²) in [6.45, 7) is 3.54. The van der Waals surface area contributed by atoms with Crippen molar-refractivity contribution < 1.29 is 4.74 Å². The second-order valence-electron chi connectivity index (χ2n) is 4.89. The van der Waals surface area contributed by atoms with Crippen LogP contribution < -0.4 is 4.90 Å². The van der Waals surface area contributed by atoms with E-state index in [4.69, 9.17) is 4.74 Å². The average molecular weight is 248 g/mol. The van der Waals surface area contributed by atoms with Crippen molar-refractivity contribution in [2.45, 2.75) is 32.3 Å². The lowest BCUT2D eigenvalue weighted by atomic mass is 10.1. The van der Waals surface area contributed by atoms with Gasteiger partial charge in [0.05, 0.1) is 11.8 Å². The lowest BCUT2D eigenvalue weighted by Gasteiger charge is -2.28. The summed E-state index contributed by atoms with van der Waals surface area (Å²) < 4.78 is 7.51. The summed E-state index contributed by atoms with van der Waals surface area (Å²) in [5.74, 6) is 0.879. The smallest absolute Gasteiger partial charge is 0.144 e. The van der Waals surface area contributed by atoms with Gasteiger partial charge in [-0.1, -0.05) is 0 Å². The second-order valence-corrected chi connectivity index (χ2v) is 4.89. The first-order valence-electron chi connectivity index (χ1n) is 6.40. The zero-order valence-electron chi connectivity index (χ0n) is 11.3. The highest BCUT2D eigenvalue weighted by Gasteiger charge is 2.21. The van der Waals surface area contributed by atoms with E-state index in [9.17, 15) is 5.26 Å². The van der Waals surface area contributed by atoms with Crippen molar-refractivity contribution in [1.82, 2.24) is 9.78 Å². The number of nitriles is 1. The highest BCUT2D eigenvalue weighted by molar-refractivity contribution is 5.56. The number of ether oxygens (including phenoxy) is 1. The third-order valence-corrected chi connectivity index (χ3v) is 3.42. The topological polar surface area (TPSA) is 54.1 Å². The number of hydrogen-bond acceptors (Lipinski definition) is 4. The van der Waals surface area contributed by atoms with Gasteiger partial charge in [-0.25, -0.2) is 0 Å². The molecule has 1 aliphatic rings. The van der Waals surface area contributed by atoms with E-state index in [1.54, 1.807) is 4.68 Å². The van der Waals surface area contributed by atoms with Crippen LogP contribution in [-0.2, 0) is 11.8 Å². The van der Waals surface area contributed by atoms with E-state index >= 15 is 0 Å². The Kier molecular flexibility index (Phi) is 3.87. The van der Waals surface area contributed by atoms with Crippen LogP contribution in [0.2, 0.25) is 0 Å². The molecular formula is C13H20N4O. The largest absolute Gasteiger partial charge is 0.376 e. The first kappa shape index (κ1) is 12.9. The molecular weight excluding hydrogens is 228 g/mol. The second kappa shape index (κ2) is 5.40. The van der Waals surface area contributed by atoms with Crippen LogP contribution in [0.4, 0.5) is 5.82 Å². The van der Waals surface area contributed by atoms with Crippen LogP contribution in [0.3, 0.4) is 0 Å². The molecule has 98 valence electrons. The van der Waals surface area contributed by atoms with Gasteiger partial charge in [0.25, 0.3) is 0 Å². The van der Waals surface area contributed by atoms with E-state index in [0.29, 0.717) is 5.56 Å². The zero-order chi connectivity index (χ0) is 13.1. The number of anilines is 1. The quantitative estimate of drug-likeness (QED) is 0.815. The van der Waals surface area contributed by atoms with Crippen LogP contribution in [-0.4, -0.2) is 36.1 Å². The molecule has 1 saturated heterocycles. The van der Waals surface area contributed by atoms with E-state index in [-0.39, 0.29) is 6.10 Å². The molecule has 0 bridgehead atoms. The van der Waals surface area contributed by atoms with E-state index < -0.39 is 0 Å². The third kappa shape index (κ3) is 2.49. The van der Waals surface area contributed by atoms with Crippen LogP contribution in [0.5, 0.6) is 0 Å². The number of hydrogen-bond donors (Lipinski definition) is 0. The summed E-state index contributed by atoms with van der Waals surface area (Å²) >= 11 is 0. The van der Waals surface area contributed by atoms with Crippen LogP contribution in [0, 0.1) is 18.3 Å². The molecule has 5 heteroatoms. The van der Waals surface area contributed by atoms with Crippen molar-refractivity contribution in [2.75, 3.05) is 25.1 Å². The van der Waals surface area contributed by atoms with Crippen molar-refractivity contribution >= 4 is 5.82 Å². The Morgan fingerprint density at radius 1 is 1.56 bits per heavy atom. The van der Waals surface area contributed by atoms with Gasteiger partial charge >= 0.3 is 0 Å². The molecule has 1 aromatic rings. The molecule has 1 fully saturated rings.